The molecule has 1 aromatic heterocycles. The first-order valence-corrected chi connectivity index (χ1v) is 8.42. The van der Waals surface area contributed by atoms with Gasteiger partial charge in [0.25, 0.3) is 0 Å². The maximum atomic E-state index is 12.2. The molecular weight excluding hydrogens is 318 g/mol. The molecule has 0 radical (unpaired) electrons. The van der Waals surface area contributed by atoms with E-state index in [-0.39, 0.29) is 17.9 Å². The number of nitrogen functional groups attached to an aromatic ring is 1. The predicted molar refractivity (Wildman–Crippen MR) is 95.0 cm³/mol. The molecule has 7 heteroatoms. The van der Waals surface area contributed by atoms with Crippen LogP contribution >= 0.6 is 0 Å². The summed E-state index contributed by atoms with van der Waals surface area (Å²) in [6.07, 6.45) is 1.42. The van der Waals surface area contributed by atoms with E-state index in [1.165, 1.54) is 0 Å². The second-order valence-electron chi connectivity index (χ2n) is 7.59. The molecule has 1 unspecified atom stereocenters. The summed E-state index contributed by atoms with van der Waals surface area (Å²) in [6, 6.07) is 7.82. The number of hydrogen-bond acceptors (Lipinski definition) is 5. The van der Waals surface area contributed by atoms with Crippen LogP contribution in [0.1, 0.15) is 38.1 Å². The molecule has 0 saturated carbocycles. The number of rotatable bonds is 3. The molecule has 1 aliphatic rings. The average Bonchev–Trinajstić information content (AvgIpc) is 2.86. The lowest BCUT2D eigenvalue weighted by molar-refractivity contribution is -0.00371. The minimum atomic E-state index is -0.487. The SMILES string of the molecule is Cn1cnnc1C(c1cccc(N)c1)C1CN(C(=O)OC(C)(C)C)C1. The molecule has 134 valence electrons. The zero-order chi connectivity index (χ0) is 18.2. The fraction of sp³-hybridized carbons (Fsp3) is 0.500. The lowest BCUT2D eigenvalue weighted by Crippen LogP contribution is -2.53. The minimum Gasteiger partial charge on any atom is -0.444 e. The molecule has 2 heterocycles. The molecule has 1 saturated heterocycles. The number of hydrogen-bond donors (Lipinski definition) is 1. The number of likely N-dealkylation sites (tertiary alicyclic amines) is 1. The summed E-state index contributed by atoms with van der Waals surface area (Å²) < 4.78 is 7.36. The minimum absolute atomic E-state index is 0.0367. The van der Waals surface area contributed by atoms with E-state index >= 15 is 0 Å². The zero-order valence-electron chi connectivity index (χ0n) is 15.1. The fourth-order valence-corrected chi connectivity index (χ4v) is 3.16. The topological polar surface area (TPSA) is 86.3 Å². The molecule has 1 aliphatic heterocycles. The maximum Gasteiger partial charge on any atom is 0.410 e. The van der Waals surface area contributed by atoms with Crippen molar-refractivity contribution in [2.24, 2.45) is 13.0 Å². The van der Waals surface area contributed by atoms with E-state index in [0.29, 0.717) is 18.8 Å². The quantitative estimate of drug-likeness (QED) is 0.865. The summed E-state index contributed by atoms with van der Waals surface area (Å²) in [5.41, 5.74) is 7.28. The third-order valence-corrected chi connectivity index (χ3v) is 4.33. The summed E-state index contributed by atoms with van der Waals surface area (Å²) in [7, 11) is 1.93. The van der Waals surface area contributed by atoms with Gasteiger partial charge in [-0.1, -0.05) is 12.1 Å². The number of benzene rings is 1. The third-order valence-electron chi connectivity index (χ3n) is 4.33. The van der Waals surface area contributed by atoms with Crippen LogP contribution < -0.4 is 5.73 Å². The van der Waals surface area contributed by atoms with Crippen LogP contribution in [-0.2, 0) is 11.8 Å². The molecule has 2 aromatic rings. The number of ether oxygens (including phenoxy) is 1. The van der Waals surface area contributed by atoms with Crippen molar-refractivity contribution in [3.8, 4) is 0 Å². The zero-order valence-corrected chi connectivity index (χ0v) is 15.1. The Kier molecular flexibility index (Phi) is 4.41. The van der Waals surface area contributed by atoms with Crippen molar-refractivity contribution in [1.82, 2.24) is 19.7 Å². The van der Waals surface area contributed by atoms with Gasteiger partial charge in [0, 0.05) is 31.7 Å². The summed E-state index contributed by atoms with van der Waals surface area (Å²) in [5, 5.41) is 8.30. The van der Waals surface area contributed by atoms with Gasteiger partial charge in [-0.25, -0.2) is 4.79 Å². The van der Waals surface area contributed by atoms with Gasteiger partial charge in [-0.05, 0) is 38.5 Å². The van der Waals surface area contributed by atoms with Crippen LogP contribution in [0.2, 0.25) is 0 Å². The van der Waals surface area contributed by atoms with Gasteiger partial charge in [0.1, 0.15) is 17.8 Å². The van der Waals surface area contributed by atoms with Gasteiger partial charge < -0.3 is 19.9 Å². The van der Waals surface area contributed by atoms with Crippen LogP contribution in [0.25, 0.3) is 0 Å². The Morgan fingerprint density at radius 2 is 2.08 bits per heavy atom. The Balaban J connectivity index is 1.79. The van der Waals surface area contributed by atoms with E-state index in [1.807, 2.05) is 56.7 Å². The van der Waals surface area contributed by atoms with Crippen LogP contribution in [-0.4, -0.2) is 44.4 Å². The highest BCUT2D eigenvalue weighted by atomic mass is 16.6. The molecule has 25 heavy (non-hydrogen) atoms. The van der Waals surface area contributed by atoms with E-state index < -0.39 is 5.60 Å². The van der Waals surface area contributed by atoms with Gasteiger partial charge in [-0.15, -0.1) is 10.2 Å². The van der Waals surface area contributed by atoms with Crippen LogP contribution in [0, 0.1) is 5.92 Å². The standard InChI is InChI=1S/C18H25N5O2/c1-18(2,3)25-17(24)23-9-13(10-23)15(16-21-20-11-22(16)4)12-6-5-7-14(19)8-12/h5-8,11,13,15H,9-10,19H2,1-4H3. The van der Waals surface area contributed by atoms with E-state index in [2.05, 4.69) is 10.2 Å². The first-order valence-electron chi connectivity index (χ1n) is 8.42. The van der Waals surface area contributed by atoms with E-state index in [1.54, 1.807) is 11.2 Å². The normalized spacial score (nSPS) is 16.4. The molecule has 1 aromatic carbocycles. The number of nitrogens with zero attached hydrogens (tertiary/aromatic N) is 4. The number of carbonyl (C=O) groups excluding carboxylic acids is 1. The smallest absolute Gasteiger partial charge is 0.410 e. The number of carbonyl (C=O) groups is 1. The largest absolute Gasteiger partial charge is 0.444 e. The Bertz CT molecular complexity index is 759. The highest BCUT2D eigenvalue weighted by Gasteiger charge is 2.41. The van der Waals surface area contributed by atoms with Crippen LogP contribution in [0.4, 0.5) is 10.5 Å². The number of anilines is 1. The third kappa shape index (κ3) is 3.75. The molecule has 7 nitrogen and oxygen atoms in total. The average molecular weight is 343 g/mol. The van der Waals surface area contributed by atoms with Crippen molar-refractivity contribution in [3.63, 3.8) is 0 Å². The Labute approximate surface area is 147 Å². The van der Waals surface area contributed by atoms with Crippen LogP contribution in [0.3, 0.4) is 0 Å². The lowest BCUT2D eigenvalue weighted by Gasteiger charge is -2.43. The molecule has 0 spiro atoms. The summed E-state index contributed by atoms with van der Waals surface area (Å²) >= 11 is 0. The van der Waals surface area contributed by atoms with Crippen molar-refractivity contribution in [2.75, 3.05) is 18.8 Å². The molecule has 0 aliphatic carbocycles. The predicted octanol–water partition coefficient (Wildman–Crippen LogP) is 2.40. The Morgan fingerprint density at radius 3 is 2.64 bits per heavy atom. The Morgan fingerprint density at radius 1 is 1.36 bits per heavy atom. The van der Waals surface area contributed by atoms with Gasteiger partial charge in [0.2, 0.25) is 0 Å². The van der Waals surface area contributed by atoms with Gasteiger partial charge >= 0.3 is 6.09 Å². The summed E-state index contributed by atoms with van der Waals surface area (Å²) in [6.45, 7) is 6.87. The fourth-order valence-electron chi connectivity index (χ4n) is 3.16. The van der Waals surface area contributed by atoms with Crippen molar-refractivity contribution in [2.45, 2.75) is 32.3 Å². The van der Waals surface area contributed by atoms with Gasteiger partial charge in [-0.2, -0.15) is 0 Å². The Hall–Kier alpha value is -2.57. The number of amides is 1. The highest BCUT2D eigenvalue weighted by Crippen LogP contribution is 2.37. The number of aromatic nitrogens is 3. The summed E-state index contributed by atoms with van der Waals surface area (Å²) in [5.74, 6) is 1.16. The van der Waals surface area contributed by atoms with E-state index in [4.69, 9.17) is 10.5 Å². The van der Waals surface area contributed by atoms with Gasteiger partial charge in [-0.3, -0.25) is 0 Å². The lowest BCUT2D eigenvalue weighted by atomic mass is 9.80. The first-order chi connectivity index (χ1) is 11.7. The summed E-state index contributed by atoms with van der Waals surface area (Å²) in [4.78, 5) is 13.9. The molecule has 1 fully saturated rings. The molecule has 3 rings (SSSR count). The van der Waals surface area contributed by atoms with E-state index in [9.17, 15) is 4.79 Å². The maximum absolute atomic E-state index is 12.2. The van der Waals surface area contributed by atoms with Crippen molar-refractivity contribution in [1.29, 1.82) is 0 Å². The second kappa shape index (κ2) is 6.38. The monoisotopic (exact) mass is 343 g/mol. The van der Waals surface area contributed by atoms with Crippen molar-refractivity contribution in [3.05, 3.63) is 42.0 Å². The molecule has 1 atom stereocenters. The molecule has 1 amide bonds. The molecule has 2 N–H and O–H groups in total. The highest BCUT2D eigenvalue weighted by molar-refractivity contribution is 5.69. The number of nitrogens with two attached hydrogens (primary N) is 1. The molecule has 0 bridgehead atoms. The second-order valence-corrected chi connectivity index (χ2v) is 7.59. The first kappa shape index (κ1) is 17.3. The van der Waals surface area contributed by atoms with Gasteiger partial charge in [0.05, 0.1) is 5.92 Å². The van der Waals surface area contributed by atoms with Crippen molar-refractivity contribution < 1.29 is 9.53 Å². The van der Waals surface area contributed by atoms with Crippen molar-refractivity contribution >= 4 is 11.8 Å². The van der Waals surface area contributed by atoms with E-state index in [0.717, 1.165) is 11.4 Å². The van der Waals surface area contributed by atoms with Crippen LogP contribution in [0.5, 0.6) is 0 Å². The number of aryl methyl sites for hydroxylation is 1. The van der Waals surface area contributed by atoms with Crippen LogP contribution in [0.15, 0.2) is 30.6 Å². The van der Waals surface area contributed by atoms with Gasteiger partial charge in [0.15, 0.2) is 0 Å². The molecular formula is C18H25N5O2.